The zero-order chi connectivity index (χ0) is 14.5. The highest BCUT2D eigenvalue weighted by atomic mass is 16.1. The van der Waals surface area contributed by atoms with E-state index < -0.39 is 0 Å². The third-order valence-corrected chi connectivity index (χ3v) is 2.92. The minimum atomic E-state index is -0.148. The van der Waals surface area contributed by atoms with E-state index in [1.54, 1.807) is 25.2 Å². The van der Waals surface area contributed by atoms with Gasteiger partial charge in [0.25, 0.3) is 5.91 Å². The molecule has 5 heteroatoms. The molecule has 1 aromatic carbocycles. The molecule has 0 bridgehead atoms. The summed E-state index contributed by atoms with van der Waals surface area (Å²) in [7, 11) is 1.60. The van der Waals surface area contributed by atoms with E-state index in [9.17, 15) is 4.79 Å². The summed E-state index contributed by atoms with van der Waals surface area (Å²) in [5.41, 5.74) is 9.52. The van der Waals surface area contributed by atoms with E-state index in [4.69, 9.17) is 5.73 Å². The summed E-state index contributed by atoms with van der Waals surface area (Å²) in [6.07, 6.45) is 0. The van der Waals surface area contributed by atoms with E-state index in [2.05, 4.69) is 15.6 Å². The Morgan fingerprint density at radius 3 is 2.80 bits per heavy atom. The van der Waals surface area contributed by atoms with Gasteiger partial charge in [0, 0.05) is 24.1 Å². The lowest BCUT2D eigenvalue weighted by Crippen LogP contribution is -2.20. The van der Waals surface area contributed by atoms with Gasteiger partial charge in [-0.2, -0.15) is 0 Å². The first kappa shape index (κ1) is 13.9. The van der Waals surface area contributed by atoms with Crippen LogP contribution in [0.1, 0.15) is 21.7 Å². The SMILES string of the molecule is CNC(=O)c1ccc(N)cc1NCc1cccc(C)n1. The summed E-state index contributed by atoms with van der Waals surface area (Å²) in [4.78, 5) is 16.2. The minimum Gasteiger partial charge on any atom is -0.399 e. The first-order chi connectivity index (χ1) is 9.60. The van der Waals surface area contributed by atoms with Gasteiger partial charge in [-0.15, -0.1) is 0 Å². The van der Waals surface area contributed by atoms with Gasteiger partial charge in [-0.3, -0.25) is 9.78 Å². The number of pyridine rings is 1. The number of benzene rings is 1. The van der Waals surface area contributed by atoms with Crippen molar-refractivity contribution in [2.75, 3.05) is 18.1 Å². The second kappa shape index (κ2) is 6.06. The second-order valence-electron chi connectivity index (χ2n) is 4.51. The van der Waals surface area contributed by atoms with Crippen LogP contribution in [0.15, 0.2) is 36.4 Å². The number of nitrogen functional groups attached to an aromatic ring is 1. The molecule has 1 amide bonds. The van der Waals surface area contributed by atoms with Crippen LogP contribution >= 0.6 is 0 Å². The van der Waals surface area contributed by atoms with Crippen molar-refractivity contribution in [1.82, 2.24) is 10.3 Å². The number of aryl methyl sites for hydroxylation is 1. The van der Waals surface area contributed by atoms with Gasteiger partial charge in [0.1, 0.15) is 0 Å². The first-order valence-electron chi connectivity index (χ1n) is 6.38. The van der Waals surface area contributed by atoms with Crippen molar-refractivity contribution < 1.29 is 4.79 Å². The molecule has 0 fully saturated rings. The van der Waals surface area contributed by atoms with E-state index in [0.717, 1.165) is 11.4 Å². The molecular weight excluding hydrogens is 252 g/mol. The van der Waals surface area contributed by atoms with Crippen LogP contribution in [0.2, 0.25) is 0 Å². The molecule has 2 aromatic rings. The Hall–Kier alpha value is -2.56. The second-order valence-corrected chi connectivity index (χ2v) is 4.51. The summed E-state index contributed by atoms with van der Waals surface area (Å²) < 4.78 is 0. The third-order valence-electron chi connectivity index (χ3n) is 2.92. The number of amides is 1. The summed E-state index contributed by atoms with van der Waals surface area (Å²) >= 11 is 0. The Bertz CT molecular complexity index is 625. The zero-order valence-electron chi connectivity index (χ0n) is 11.6. The van der Waals surface area contributed by atoms with Crippen LogP contribution in [0.25, 0.3) is 0 Å². The third kappa shape index (κ3) is 3.26. The van der Waals surface area contributed by atoms with Crippen LogP contribution in [0.4, 0.5) is 11.4 Å². The number of aromatic nitrogens is 1. The molecule has 0 spiro atoms. The normalized spacial score (nSPS) is 10.1. The van der Waals surface area contributed by atoms with Crippen molar-refractivity contribution in [2.45, 2.75) is 13.5 Å². The number of carbonyl (C=O) groups is 1. The molecule has 20 heavy (non-hydrogen) atoms. The van der Waals surface area contributed by atoms with Crippen LogP contribution < -0.4 is 16.4 Å². The zero-order valence-corrected chi connectivity index (χ0v) is 11.6. The Labute approximate surface area is 118 Å². The van der Waals surface area contributed by atoms with Crippen LogP contribution in [-0.4, -0.2) is 17.9 Å². The fraction of sp³-hybridized carbons (Fsp3) is 0.200. The van der Waals surface area contributed by atoms with Crippen molar-refractivity contribution >= 4 is 17.3 Å². The molecular formula is C15H18N4O. The molecule has 0 aliphatic rings. The van der Waals surface area contributed by atoms with Gasteiger partial charge in [-0.25, -0.2) is 0 Å². The van der Waals surface area contributed by atoms with Gasteiger partial charge in [-0.05, 0) is 37.3 Å². The lowest BCUT2D eigenvalue weighted by Gasteiger charge is -2.12. The monoisotopic (exact) mass is 270 g/mol. The van der Waals surface area contributed by atoms with E-state index in [1.807, 2.05) is 25.1 Å². The molecule has 2 rings (SSSR count). The van der Waals surface area contributed by atoms with Crippen molar-refractivity contribution in [3.8, 4) is 0 Å². The number of hydrogen-bond acceptors (Lipinski definition) is 4. The fourth-order valence-electron chi connectivity index (χ4n) is 1.92. The van der Waals surface area contributed by atoms with Gasteiger partial charge in [0.05, 0.1) is 17.8 Å². The van der Waals surface area contributed by atoms with Gasteiger partial charge in [-0.1, -0.05) is 6.07 Å². The number of hydrogen-bond donors (Lipinski definition) is 3. The highest BCUT2D eigenvalue weighted by Gasteiger charge is 2.10. The van der Waals surface area contributed by atoms with E-state index in [1.165, 1.54) is 0 Å². The molecule has 1 heterocycles. The molecule has 0 saturated heterocycles. The standard InChI is InChI=1S/C15H18N4O/c1-10-4-3-5-12(19-10)9-18-14-8-11(16)6-7-13(14)15(20)17-2/h3-8,18H,9,16H2,1-2H3,(H,17,20). The Morgan fingerprint density at radius 2 is 2.10 bits per heavy atom. The quantitative estimate of drug-likeness (QED) is 0.742. The maximum Gasteiger partial charge on any atom is 0.253 e. The number of anilines is 2. The average Bonchev–Trinajstić information content (AvgIpc) is 2.44. The molecule has 4 N–H and O–H groups in total. The molecule has 1 aromatic heterocycles. The smallest absolute Gasteiger partial charge is 0.253 e. The molecule has 5 nitrogen and oxygen atoms in total. The Kier molecular flexibility index (Phi) is 4.20. The predicted molar refractivity (Wildman–Crippen MR) is 80.5 cm³/mol. The van der Waals surface area contributed by atoms with Crippen LogP contribution in [0, 0.1) is 6.92 Å². The maximum absolute atomic E-state index is 11.8. The highest BCUT2D eigenvalue weighted by molar-refractivity contribution is 6.00. The number of nitrogens with zero attached hydrogens (tertiary/aromatic N) is 1. The Balaban J connectivity index is 2.20. The summed E-state index contributed by atoms with van der Waals surface area (Å²) in [5, 5.41) is 5.82. The highest BCUT2D eigenvalue weighted by Crippen LogP contribution is 2.20. The number of nitrogens with two attached hydrogens (primary N) is 1. The lowest BCUT2D eigenvalue weighted by atomic mass is 10.1. The minimum absolute atomic E-state index is 0.148. The summed E-state index contributed by atoms with van der Waals surface area (Å²) in [6, 6.07) is 11.0. The van der Waals surface area contributed by atoms with Crippen molar-refractivity contribution in [1.29, 1.82) is 0 Å². The number of carbonyl (C=O) groups excluding carboxylic acids is 1. The fourth-order valence-corrected chi connectivity index (χ4v) is 1.92. The maximum atomic E-state index is 11.8. The summed E-state index contributed by atoms with van der Waals surface area (Å²) in [6.45, 7) is 2.48. The molecule has 104 valence electrons. The number of rotatable bonds is 4. The number of nitrogens with one attached hydrogen (secondary N) is 2. The lowest BCUT2D eigenvalue weighted by molar-refractivity contribution is 0.0964. The molecule has 0 unspecified atom stereocenters. The van der Waals surface area contributed by atoms with Gasteiger partial charge in [0.15, 0.2) is 0 Å². The van der Waals surface area contributed by atoms with Crippen LogP contribution in [-0.2, 0) is 6.54 Å². The molecule has 0 saturated carbocycles. The van der Waals surface area contributed by atoms with E-state index in [-0.39, 0.29) is 5.91 Å². The van der Waals surface area contributed by atoms with Gasteiger partial charge in [0.2, 0.25) is 0 Å². The van der Waals surface area contributed by atoms with E-state index >= 15 is 0 Å². The Morgan fingerprint density at radius 1 is 1.30 bits per heavy atom. The van der Waals surface area contributed by atoms with Crippen molar-refractivity contribution in [3.05, 3.63) is 53.3 Å². The predicted octanol–water partition coefficient (Wildman–Crippen LogP) is 1.94. The van der Waals surface area contributed by atoms with Crippen molar-refractivity contribution in [2.24, 2.45) is 0 Å². The van der Waals surface area contributed by atoms with Crippen LogP contribution in [0.5, 0.6) is 0 Å². The first-order valence-corrected chi connectivity index (χ1v) is 6.38. The van der Waals surface area contributed by atoms with Crippen molar-refractivity contribution in [3.63, 3.8) is 0 Å². The molecule has 0 radical (unpaired) electrons. The largest absolute Gasteiger partial charge is 0.399 e. The van der Waals surface area contributed by atoms with Gasteiger partial charge >= 0.3 is 0 Å². The molecule has 0 aliphatic carbocycles. The molecule has 0 aliphatic heterocycles. The summed E-state index contributed by atoms with van der Waals surface area (Å²) in [5.74, 6) is -0.148. The molecule has 0 atom stereocenters. The van der Waals surface area contributed by atoms with Crippen LogP contribution in [0.3, 0.4) is 0 Å². The van der Waals surface area contributed by atoms with Gasteiger partial charge < -0.3 is 16.4 Å². The topological polar surface area (TPSA) is 80.0 Å². The van der Waals surface area contributed by atoms with E-state index in [0.29, 0.717) is 23.5 Å². The average molecular weight is 270 g/mol.